The van der Waals surface area contributed by atoms with Gasteiger partial charge in [0.1, 0.15) is 5.70 Å². The standard InChI is InChI=1S/C10H21N3O2/c1-4-11-7-8(12-5-2)9(10(14)15)13-6-3/h11-13H,4-7H2,1-3H3,(H,14,15)/b9-8+. The van der Waals surface area contributed by atoms with Crippen LogP contribution in [0.3, 0.4) is 0 Å². The van der Waals surface area contributed by atoms with Crippen molar-refractivity contribution >= 4 is 5.97 Å². The Bertz CT molecular complexity index is 227. The first-order chi connectivity index (χ1) is 7.17. The minimum absolute atomic E-state index is 0.250. The number of carbonyl (C=O) groups is 1. The normalized spacial score (nSPS) is 11.9. The van der Waals surface area contributed by atoms with Crippen LogP contribution in [0.25, 0.3) is 0 Å². The van der Waals surface area contributed by atoms with Gasteiger partial charge in [-0.25, -0.2) is 4.79 Å². The fraction of sp³-hybridized carbons (Fsp3) is 0.700. The molecule has 5 nitrogen and oxygen atoms in total. The summed E-state index contributed by atoms with van der Waals surface area (Å²) in [6.07, 6.45) is 0. The van der Waals surface area contributed by atoms with E-state index in [4.69, 9.17) is 5.11 Å². The summed E-state index contributed by atoms with van der Waals surface area (Å²) in [6, 6.07) is 0. The molecule has 0 aromatic rings. The molecule has 0 rings (SSSR count). The second-order valence-corrected chi connectivity index (χ2v) is 3.00. The van der Waals surface area contributed by atoms with Crippen LogP contribution in [-0.4, -0.2) is 37.3 Å². The molecule has 0 aliphatic carbocycles. The van der Waals surface area contributed by atoms with E-state index in [-0.39, 0.29) is 5.70 Å². The van der Waals surface area contributed by atoms with Gasteiger partial charge in [-0.15, -0.1) is 0 Å². The summed E-state index contributed by atoms with van der Waals surface area (Å²) in [7, 11) is 0. The van der Waals surface area contributed by atoms with Gasteiger partial charge in [0.15, 0.2) is 0 Å². The number of hydrogen-bond donors (Lipinski definition) is 4. The SMILES string of the molecule is CCNC/C(NCC)=C(\NCC)C(=O)O. The Hall–Kier alpha value is -1.23. The van der Waals surface area contributed by atoms with Crippen LogP contribution >= 0.6 is 0 Å². The lowest BCUT2D eigenvalue weighted by Crippen LogP contribution is -2.33. The summed E-state index contributed by atoms with van der Waals surface area (Å²) in [6.45, 7) is 8.47. The van der Waals surface area contributed by atoms with E-state index in [0.717, 1.165) is 6.54 Å². The van der Waals surface area contributed by atoms with Gasteiger partial charge >= 0.3 is 5.97 Å². The molecule has 0 unspecified atom stereocenters. The average molecular weight is 215 g/mol. The van der Waals surface area contributed by atoms with Crippen molar-refractivity contribution in [2.45, 2.75) is 20.8 Å². The number of carboxylic acids is 1. The number of carboxylic acid groups (broad SMARTS) is 1. The van der Waals surface area contributed by atoms with E-state index in [1.807, 2.05) is 20.8 Å². The van der Waals surface area contributed by atoms with E-state index >= 15 is 0 Å². The first kappa shape index (κ1) is 13.8. The molecule has 0 bridgehead atoms. The van der Waals surface area contributed by atoms with Crippen LogP contribution in [0.5, 0.6) is 0 Å². The third kappa shape index (κ3) is 5.27. The van der Waals surface area contributed by atoms with E-state index in [0.29, 0.717) is 25.3 Å². The molecule has 0 heterocycles. The highest BCUT2D eigenvalue weighted by atomic mass is 16.4. The molecule has 0 saturated carbocycles. The van der Waals surface area contributed by atoms with E-state index < -0.39 is 5.97 Å². The van der Waals surface area contributed by atoms with Crippen LogP contribution in [-0.2, 0) is 4.79 Å². The molecule has 0 fully saturated rings. The molecular formula is C10H21N3O2. The summed E-state index contributed by atoms with van der Waals surface area (Å²) >= 11 is 0. The van der Waals surface area contributed by atoms with Gasteiger partial charge in [0.05, 0.1) is 5.70 Å². The van der Waals surface area contributed by atoms with Crippen molar-refractivity contribution in [3.63, 3.8) is 0 Å². The zero-order valence-corrected chi connectivity index (χ0v) is 9.68. The molecule has 15 heavy (non-hydrogen) atoms. The third-order valence-corrected chi connectivity index (χ3v) is 1.81. The lowest BCUT2D eigenvalue weighted by Gasteiger charge is -2.14. The predicted octanol–water partition coefficient (Wildman–Crippen LogP) is 0.111. The Morgan fingerprint density at radius 3 is 2.07 bits per heavy atom. The van der Waals surface area contributed by atoms with Gasteiger partial charge in [-0.1, -0.05) is 6.92 Å². The van der Waals surface area contributed by atoms with Crippen molar-refractivity contribution in [2.75, 3.05) is 26.2 Å². The molecule has 0 saturated heterocycles. The summed E-state index contributed by atoms with van der Waals surface area (Å²) in [5.41, 5.74) is 0.953. The zero-order valence-electron chi connectivity index (χ0n) is 9.68. The minimum atomic E-state index is -0.925. The predicted molar refractivity (Wildman–Crippen MR) is 60.6 cm³/mol. The van der Waals surface area contributed by atoms with E-state index in [1.54, 1.807) is 0 Å². The molecule has 0 aromatic heterocycles. The Kier molecular flexibility index (Phi) is 7.44. The van der Waals surface area contributed by atoms with Crippen LogP contribution in [0.1, 0.15) is 20.8 Å². The van der Waals surface area contributed by atoms with Crippen LogP contribution in [0, 0.1) is 0 Å². The largest absolute Gasteiger partial charge is 0.477 e. The van der Waals surface area contributed by atoms with Gasteiger partial charge in [-0.05, 0) is 20.4 Å². The Morgan fingerprint density at radius 1 is 1.07 bits per heavy atom. The van der Waals surface area contributed by atoms with Crippen molar-refractivity contribution in [3.8, 4) is 0 Å². The second kappa shape index (κ2) is 8.11. The smallest absolute Gasteiger partial charge is 0.353 e. The number of likely N-dealkylation sites (N-methyl/N-ethyl adjacent to an activating group) is 3. The number of aliphatic carboxylic acids is 1. The summed E-state index contributed by atoms with van der Waals surface area (Å²) in [5, 5.41) is 18.0. The van der Waals surface area contributed by atoms with Gasteiger partial charge in [-0.3, -0.25) is 0 Å². The summed E-state index contributed by atoms with van der Waals surface area (Å²) in [5.74, 6) is -0.925. The van der Waals surface area contributed by atoms with Crippen molar-refractivity contribution in [1.82, 2.24) is 16.0 Å². The van der Waals surface area contributed by atoms with Crippen molar-refractivity contribution in [1.29, 1.82) is 0 Å². The second-order valence-electron chi connectivity index (χ2n) is 3.00. The fourth-order valence-electron chi connectivity index (χ4n) is 1.19. The van der Waals surface area contributed by atoms with Gasteiger partial charge in [0.2, 0.25) is 0 Å². The number of rotatable bonds is 8. The van der Waals surface area contributed by atoms with Crippen LogP contribution in [0.2, 0.25) is 0 Å². The maximum absolute atomic E-state index is 11.0. The molecule has 0 aliphatic rings. The molecule has 88 valence electrons. The van der Waals surface area contributed by atoms with E-state index in [1.165, 1.54) is 0 Å². The summed E-state index contributed by atoms with van der Waals surface area (Å²) in [4.78, 5) is 11.0. The molecule has 0 amide bonds. The lowest BCUT2D eigenvalue weighted by atomic mass is 10.3. The molecule has 0 spiro atoms. The Labute approximate surface area is 90.9 Å². The van der Waals surface area contributed by atoms with Crippen molar-refractivity contribution in [3.05, 3.63) is 11.4 Å². The minimum Gasteiger partial charge on any atom is -0.477 e. The van der Waals surface area contributed by atoms with E-state index in [2.05, 4.69) is 16.0 Å². The first-order valence-electron chi connectivity index (χ1n) is 5.32. The topological polar surface area (TPSA) is 73.4 Å². The zero-order chi connectivity index (χ0) is 11.7. The van der Waals surface area contributed by atoms with Crippen molar-refractivity contribution in [2.24, 2.45) is 0 Å². The molecule has 5 heteroatoms. The lowest BCUT2D eigenvalue weighted by molar-refractivity contribution is -0.133. The quantitative estimate of drug-likeness (QED) is 0.433. The van der Waals surface area contributed by atoms with E-state index in [9.17, 15) is 4.79 Å². The monoisotopic (exact) mass is 215 g/mol. The number of hydrogen-bond acceptors (Lipinski definition) is 4. The highest BCUT2D eigenvalue weighted by Crippen LogP contribution is 1.97. The fourth-order valence-corrected chi connectivity index (χ4v) is 1.19. The Morgan fingerprint density at radius 2 is 1.67 bits per heavy atom. The molecular weight excluding hydrogens is 194 g/mol. The molecule has 0 radical (unpaired) electrons. The molecule has 0 atom stereocenters. The highest BCUT2D eigenvalue weighted by molar-refractivity contribution is 5.86. The molecule has 4 N–H and O–H groups in total. The number of nitrogens with one attached hydrogen (secondary N) is 3. The third-order valence-electron chi connectivity index (χ3n) is 1.81. The van der Waals surface area contributed by atoms with Gasteiger partial charge in [0, 0.05) is 19.6 Å². The maximum Gasteiger partial charge on any atom is 0.353 e. The summed E-state index contributed by atoms with van der Waals surface area (Å²) < 4.78 is 0. The molecule has 0 aromatic carbocycles. The Balaban J connectivity index is 4.70. The van der Waals surface area contributed by atoms with Gasteiger partial charge in [0.25, 0.3) is 0 Å². The van der Waals surface area contributed by atoms with Crippen LogP contribution in [0.4, 0.5) is 0 Å². The highest BCUT2D eigenvalue weighted by Gasteiger charge is 2.12. The maximum atomic E-state index is 11.0. The average Bonchev–Trinajstić information content (AvgIpc) is 2.21. The molecule has 0 aliphatic heterocycles. The van der Waals surface area contributed by atoms with Crippen molar-refractivity contribution < 1.29 is 9.90 Å². The van der Waals surface area contributed by atoms with Gasteiger partial charge in [-0.2, -0.15) is 0 Å². The van der Waals surface area contributed by atoms with Crippen LogP contribution in [0.15, 0.2) is 11.4 Å². The van der Waals surface area contributed by atoms with Gasteiger partial charge < -0.3 is 21.1 Å². The first-order valence-corrected chi connectivity index (χ1v) is 5.32. The van der Waals surface area contributed by atoms with Crippen LogP contribution < -0.4 is 16.0 Å².